The number of aromatic nitrogens is 1. The summed E-state index contributed by atoms with van der Waals surface area (Å²) in [6.45, 7) is 3.34. The molecule has 0 radical (unpaired) electrons. The third kappa shape index (κ3) is 5.90. The van der Waals surface area contributed by atoms with E-state index in [1.165, 1.54) is 0 Å². The van der Waals surface area contributed by atoms with Crippen LogP contribution in [0, 0.1) is 10.8 Å². The van der Waals surface area contributed by atoms with E-state index in [9.17, 15) is 5.11 Å². The largest absolute Gasteiger partial charge is 0.366 e. The van der Waals surface area contributed by atoms with Crippen LogP contribution < -0.4 is 0 Å². The van der Waals surface area contributed by atoms with Crippen molar-refractivity contribution in [3.05, 3.63) is 30.1 Å². The molecule has 0 amide bonds. The van der Waals surface area contributed by atoms with E-state index in [4.69, 9.17) is 15.6 Å². The molecule has 18 heavy (non-hydrogen) atoms. The number of rotatable bonds is 5. The Morgan fingerprint density at radius 2 is 2.17 bits per heavy atom. The number of pyridine rings is 1. The van der Waals surface area contributed by atoms with Gasteiger partial charge in [-0.05, 0) is 26.0 Å². The van der Waals surface area contributed by atoms with Crippen LogP contribution in [0.25, 0.3) is 0 Å². The minimum Gasteiger partial charge on any atom is -0.366 e. The van der Waals surface area contributed by atoms with Crippen LogP contribution in [-0.2, 0) is 4.74 Å². The molecule has 5 nitrogen and oxygen atoms in total. The van der Waals surface area contributed by atoms with E-state index in [2.05, 4.69) is 4.98 Å². The molecule has 1 heterocycles. The number of nitrogens with one attached hydrogen (secondary N) is 2. The monoisotopic (exact) mass is 267 g/mol. The van der Waals surface area contributed by atoms with Gasteiger partial charge in [-0.1, -0.05) is 17.8 Å². The SMILES string of the molecule is CC(C)(O)OCCC(=N)SC(=N)c1ccccn1. The molecule has 0 aliphatic heterocycles. The fourth-order valence-electron chi connectivity index (χ4n) is 1.12. The van der Waals surface area contributed by atoms with E-state index >= 15 is 0 Å². The minimum absolute atomic E-state index is 0.240. The zero-order chi connectivity index (χ0) is 13.6. The Kier molecular flexibility index (Phi) is 5.46. The smallest absolute Gasteiger partial charge is 0.159 e. The molecule has 0 aromatic carbocycles. The van der Waals surface area contributed by atoms with Crippen LogP contribution in [0.3, 0.4) is 0 Å². The molecule has 0 unspecified atom stereocenters. The van der Waals surface area contributed by atoms with Gasteiger partial charge >= 0.3 is 0 Å². The summed E-state index contributed by atoms with van der Waals surface area (Å²) in [5, 5.41) is 25.4. The van der Waals surface area contributed by atoms with Crippen LogP contribution in [0.15, 0.2) is 24.4 Å². The van der Waals surface area contributed by atoms with Crippen molar-refractivity contribution in [1.82, 2.24) is 4.98 Å². The van der Waals surface area contributed by atoms with Gasteiger partial charge in [-0.2, -0.15) is 0 Å². The highest BCUT2D eigenvalue weighted by atomic mass is 32.2. The Bertz CT molecular complexity index is 415. The lowest BCUT2D eigenvalue weighted by Crippen LogP contribution is -2.24. The minimum atomic E-state index is -1.18. The quantitative estimate of drug-likeness (QED) is 0.433. The fourth-order valence-corrected chi connectivity index (χ4v) is 1.77. The molecule has 0 saturated heterocycles. The first-order valence-corrected chi connectivity index (χ1v) is 6.32. The highest BCUT2D eigenvalue weighted by Gasteiger charge is 2.13. The molecule has 0 atom stereocenters. The average Bonchev–Trinajstić information content (AvgIpc) is 2.28. The average molecular weight is 267 g/mol. The summed E-state index contributed by atoms with van der Waals surface area (Å²) in [5.74, 6) is -1.18. The Morgan fingerprint density at radius 3 is 2.72 bits per heavy atom. The molecule has 3 N–H and O–H groups in total. The third-order valence-corrected chi connectivity index (χ3v) is 2.77. The molecule has 0 aliphatic rings. The molecule has 0 bridgehead atoms. The van der Waals surface area contributed by atoms with Crippen molar-refractivity contribution in [3.8, 4) is 0 Å². The Morgan fingerprint density at radius 1 is 1.44 bits per heavy atom. The van der Waals surface area contributed by atoms with Gasteiger partial charge in [0.25, 0.3) is 0 Å². The fraction of sp³-hybridized carbons (Fsp3) is 0.417. The predicted molar refractivity (Wildman–Crippen MR) is 73.3 cm³/mol. The van der Waals surface area contributed by atoms with Crippen LogP contribution in [0.2, 0.25) is 0 Å². The van der Waals surface area contributed by atoms with Crippen LogP contribution in [0.5, 0.6) is 0 Å². The zero-order valence-electron chi connectivity index (χ0n) is 10.4. The van der Waals surface area contributed by atoms with Gasteiger partial charge in [0.15, 0.2) is 5.79 Å². The van der Waals surface area contributed by atoms with E-state index in [0.717, 1.165) is 11.8 Å². The summed E-state index contributed by atoms with van der Waals surface area (Å²) in [4.78, 5) is 4.04. The topological polar surface area (TPSA) is 90.0 Å². The van der Waals surface area contributed by atoms with Crippen LogP contribution in [0.4, 0.5) is 0 Å². The van der Waals surface area contributed by atoms with E-state index < -0.39 is 5.79 Å². The zero-order valence-corrected chi connectivity index (χ0v) is 11.3. The molecule has 0 saturated carbocycles. The summed E-state index contributed by atoms with van der Waals surface area (Å²) in [7, 11) is 0. The summed E-state index contributed by atoms with van der Waals surface area (Å²) in [6, 6.07) is 5.32. The molecule has 6 heteroatoms. The van der Waals surface area contributed by atoms with Crippen LogP contribution in [0.1, 0.15) is 26.0 Å². The number of hydrogen-bond donors (Lipinski definition) is 3. The second-order valence-corrected chi connectivity index (χ2v) is 5.22. The van der Waals surface area contributed by atoms with Gasteiger partial charge in [0.05, 0.1) is 17.3 Å². The van der Waals surface area contributed by atoms with Crippen molar-refractivity contribution in [3.63, 3.8) is 0 Å². The summed E-state index contributed by atoms with van der Waals surface area (Å²) in [5.41, 5.74) is 0.552. The first kappa shape index (κ1) is 14.8. The van der Waals surface area contributed by atoms with Gasteiger partial charge in [0, 0.05) is 12.6 Å². The molecule has 98 valence electrons. The van der Waals surface area contributed by atoms with Gasteiger partial charge in [0.1, 0.15) is 5.04 Å². The number of hydrogen-bond acceptors (Lipinski definition) is 6. The van der Waals surface area contributed by atoms with E-state index in [1.807, 2.05) is 0 Å². The molecule has 0 aliphatic carbocycles. The third-order valence-electron chi connectivity index (χ3n) is 1.91. The van der Waals surface area contributed by atoms with Crippen molar-refractivity contribution in [2.45, 2.75) is 26.1 Å². The second-order valence-electron chi connectivity index (χ2n) is 4.11. The van der Waals surface area contributed by atoms with Gasteiger partial charge in [-0.15, -0.1) is 0 Å². The Hall–Kier alpha value is -1.24. The van der Waals surface area contributed by atoms with Gasteiger partial charge < -0.3 is 9.84 Å². The number of thioether (sulfide) groups is 1. The first-order chi connectivity index (χ1) is 8.38. The van der Waals surface area contributed by atoms with Crippen molar-refractivity contribution in [2.24, 2.45) is 0 Å². The van der Waals surface area contributed by atoms with Crippen LogP contribution in [-0.4, -0.2) is 32.6 Å². The van der Waals surface area contributed by atoms with Crippen molar-refractivity contribution in [1.29, 1.82) is 10.8 Å². The van der Waals surface area contributed by atoms with Crippen molar-refractivity contribution < 1.29 is 9.84 Å². The highest BCUT2D eigenvalue weighted by molar-refractivity contribution is 8.26. The first-order valence-electron chi connectivity index (χ1n) is 5.50. The second kappa shape index (κ2) is 6.63. The maximum absolute atomic E-state index is 9.34. The molecule has 0 spiro atoms. The van der Waals surface area contributed by atoms with Crippen molar-refractivity contribution in [2.75, 3.05) is 6.61 Å². The predicted octanol–water partition coefficient (Wildman–Crippen LogP) is 2.25. The molecular formula is C12H17N3O2S. The number of nitrogens with zero attached hydrogens (tertiary/aromatic N) is 1. The molecular weight excluding hydrogens is 250 g/mol. The van der Waals surface area contributed by atoms with Gasteiger partial charge in [0.2, 0.25) is 0 Å². The highest BCUT2D eigenvalue weighted by Crippen LogP contribution is 2.14. The number of aliphatic hydroxyl groups is 1. The van der Waals surface area contributed by atoms with E-state index in [0.29, 0.717) is 17.2 Å². The molecule has 1 aromatic heterocycles. The van der Waals surface area contributed by atoms with Crippen molar-refractivity contribution >= 4 is 21.8 Å². The lowest BCUT2D eigenvalue weighted by Gasteiger charge is -2.17. The number of ether oxygens (including phenoxy) is 1. The molecule has 0 fully saturated rings. The summed E-state index contributed by atoms with van der Waals surface area (Å²) in [6.07, 6.45) is 1.98. The summed E-state index contributed by atoms with van der Waals surface area (Å²) >= 11 is 1.05. The molecule has 1 rings (SSSR count). The lowest BCUT2D eigenvalue weighted by atomic mass is 10.4. The van der Waals surface area contributed by atoms with Gasteiger partial charge in [-0.25, -0.2) is 0 Å². The Labute approximate surface area is 111 Å². The lowest BCUT2D eigenvalue weighted by molar-refractivity contribution is -0.173. The molecule has 1 aromatic rings. The Balaban J connectivity index is 2.35. The summed E-state index contributed by atoms with van der Waals surface area (Å²) < 4.78 is 5.10. The maximum atomic E-state index is 9.34. The normalized spacial score (nSPS) is 11.3. The van der Waals surface area contributed by atoms with Gasteiger partial charge in [-0.3, -0.25) is 15.8 Å². The maximum Gasteiger partial charge on any atom is 0.159 e. The van der Waals surface area contributed by atoms with Crippen LogP contribution >= 0.6 is 11.8 Å². The van der Waals surface area contributed by atoms with E-state index in [-0.39, 0.29) is 11.7 Å². The standard InChI is InChI=1S/C12H17N3O2S/c1-12(2,16)17-8-6-10(13)18-11(14)9-5-3-4-7-15-9/h3-5,7,13-14,16H,6,8H2,1-2H3. The van der Waals surface area contributed by atoms with E-state index in [1.54, 1.807) is 38.2 Å².